The fourth-order valence-corrected chi connectivity index (χ4v) is 5.62. The van der Waals surface area contributed by atoms with E-state index in [0.717, 1.165) is 29.7 Å². The van der Waals surface area contributed by atoms with Gasteiger partial charge in [0.2, 0.25) is 5.75 Å². The molecular formula is C26H24N2O5S. The predicted molar refractivity (Wildman–Crippen MR) is 129 cm³/mol. The molecular weight excluding hydrogens is 452 g/mol. The summed E-state index contributed by atoms with van der Waals surface area (Å²) in [5, 5.41) is 0. The Morgan fingerprint density at radius 1 is 1.00 bits per heavy atom. The number of aromatic nitrogens is 1. The fourth-order valence-electron chi connectivity index (χ4n) is 4.60. The molecule has 174 valence electrons. The maximum absolute atomic E-state index is 13.7. The number of Topliss-reactive ketones (excluding diaryl/α,β-unsaturated/α-hetero) is 1. The number of allylic oxidation sites excluding steroid dienone is 2. The van der Waals surface area contributed by atoms with Gasteiger partial charge in [0.1, 0.15) is 0 Å². The highest BCUT2D eigenvalue weighted by Gasteiger charge is 2.34. The number of fused-ring (bicyclic) bond motifs is 1. The van der Waals surface area contributed by atoms with Crippen LogP contribution >= 0.6 is 11.3 Å². The van der Waals surface area contributed by atoms with Crippen molar-refractivity contribution in [1.82, 2.24) is 4.57 Å². The van der Waals surface area contributed by atoms with Gasteiger partial charge in [-0.25, -0.2) is 4.99 Å². The summed E-state index contributed by atoms with van der Waals surface area (Å²) in [7, 11) is 4.65. The molecule has 3 aromatic rings. The van der Waals surface area contributed by atoms with Gasteiger partial charge in [0.05, 0.1) is 37.6 Å². The van der Waals surface area contributed by atoms with Crippen molar-refractivity contribution in [2.45, 2.75) is 25.3 Å². The summed E-state index contributed by atoms with van der Waals surface area (Å²) >= 11 is 1.32. The summed E-state index contributed by atoms with van der Waals surface area (Å²) in [6, 6.07) is 12.8. The van der Waals surface area contributed by atoms with Crippen LogP contribution in [0.3, 0.4) is 0 Å². The van der Waals surface area contributed by atoms with Crippen LogP contribution in [0.1, 0.15) is 36.4 Å². The van der Waals surface area contributed by atoms with Crippen molar-refractivity contribution in [3.63, 3.8) is 0 Å². The molecule has 8 heteroatoms. The van der Waals surface area contributed by atoms with Crippen LogP contribution in [0.2, 0.25) is 0 Å². The SMILES string of the molecule is COc1cc(C=c2sc3n(c2=O)C(c2ccccc2)C2=C(CCCC2=O)N=3)cc(OC)c1OC. The minimum absolute atomic E-state index is 0.0674. The smallest absolute Gasteiger partial charge is 0.271 e. The molecule has 0 fully saturated rings. The lowest BCUT2D eigenvalue weighted by Crippen LogP contribution is -2.40. The largest absolute Gasteiger partial charge is 0.493 e. The third kappa shape index (κ3) is 3.64. The Morgan fingerprint density at radius 3 is 2.35 bits per heavy atom. The first-order valence-corrected chi connectivity index (χ1v) is 11.8. The number of carbonyl (C=O) groups excluding carboxylic acids is 1. The second-order valence-electron chi connectivity index (χ2n) is 8.09. The van der Waals surface area contributed by atoms with Gasteiger partial charge < -0.3 is 14.2 Å². The predicted octanol–water partition coefficient (Wildman–Crippen LogP) is 2.99. The van der Waals surface area contributed by atoms with Gasteiger partial charge >= 0.3 is 0 Å². The monoisotopic (exact) mass is 476 g/mol. The number of hydrogen-bond acceptors (Lipinski definition) is 7. The Labute approximate surface area is 200 Å². The Balaban J connectivity index is 1.73. The Bertz CT molecular complexity index is 1460. The molecule has 2 aromatic carbocycles. The van der Waals surface area contributed by atoms with E-state index in [0.29, 0.717) is 38.6 Å². The van der Waals surface area contributed by atoms with Crippen LogP contribution in [0, 0.1) is 0 Å². The first-order valence-electron chi connectivity index (χ1n) is 11.0. The van der Waals surface area contributed by atoms with E-state index in [4.69, 9.17) is 19.2 Å². The van der Waals surface area contributed by atoms with Gasteiger partial charge in [-0.1, -0.05) is 41.7 Å². The van der Waals surface area contributed by atoms with Crippen LogP contribution in [-0.2, 0) is 4.79 Å². The van der Waals surface area contributed by atoms with Crippen LogP contribution < -0.4 is 29.1 Å². The van der Waals surface area contributed by atoms with Crippen LogP contribution in [0.4, 0.5) is 0 Å². The first kappa shape index (κ1) is 22.2. The van der Waals surface area contributed by atoms with Crippen molar-refractivity contribution in [2.24, 2.45) is 4.99 Å². The molecule has 0 saturated heterocycles. The molecule has 2 aliphatic rings. The second kappa shape index (κ2) is 8.95. The van der Waals surface area contributed by atoms with E-state index in [-0.39, 0.29) is 11.3 Å². The summed E-state index contributed by atoms with van der Waals surface area (Å²) < 4.78 is 18.5. The number of ketones is 1. The summed E-state index contributed by atoms with van der Waals surface area (Å²) in [6.07, 6.45) is 3.79. The van der Waals surface area contributed by atoms with Crippen molar-refractivity contribution in [1.29, 1.82) is 0 Å². The maximum atomic E-state index is 13.7. The van der Waals surface area contributed by atoms with E-state index in [9.17, 15) is 9.59 Å². The lowest BCUT2D eigenvalue weighted by molar-refractivity contribution is -0.116. The van der Waals surface area contributed by atoms with Crippen LogP contribution in [0.5, 0.6) is 17.2 Å². The van der Waals surface area contributed by atoms with Crippen molar-refractivity contribution in [2.75, 3.05) is 21.3 Å². The molecule has 2 heterocycles. The van der Waals surface area contributed by atoms with Crippen LogP contribution in [0.25, 0.3) is 6.08 Å². The molecule has 1 aromatic heterocycles. The van der Waals surface area contributed by atoms with Gasteiger partial charge in [-0.3, -0.25) is 14.2 Å². The lowest BCUT2D eigenvalue weighted by Gasteiger charge is -2.28. The number of methoxy groups -OCH3 is 3. The number of nitrogens with zero attached hydrogens (tertiary/aromatic N) is 2. The van der Waals surface area contributed by atoms with Gasteiger partial charge in [-0.15, -0.1) is 0 Å². The molecule has 1 atom stereocenters. The third-order valence-electron chi connectivity index (χ3n) is 6.13. The van der Waals surface area contributed by atoms with Gasteiger partial charge in [0, 0.05) is 12.0 Å². The van der Waals surface area contributed by atoms with E-state index in [1.54, 1.807) is 44.1 Å². The fraction of sp³-hybridized carbons (Fsp3) is 0.269. The van der Waals surface area contributed by atoms with Gasteiger partial charge in [0.25, 0.3) is 5.56 Å². The second-order valence-corrected chi connectivity index (χ2v) is 9.10. The number of carbonyl (C=O) groups is 1. The van der Waals surface area contributed by atoms with Crippen molar-refractivity contribution >= 4 is 23.2 Å². The molecule has 0 bridgehead atoms. The minimum atomic E-state index is -0.470. The van der Waals surface area contributed by atoms with Gasteiger partial charge in [0.15, 0.2) is 22.1 Å². The lowest BCUT2D eigenvalue weighted by atomic mass is 9.86. The third-order valence-corrected chi connectivity index (χ3v) is 7.11. The average Bonchev–Trinajstić information content (AvgIpc) is 3.17. The zero-order valence-corrected chi connectivity index (χ0v) is 20.0. The Morgan fingerprint density at radius 2 is 1.71 bits per heavy atom. The van der Waals surface area contributed by atoms with Gasteiger partial charge in [-0.2, -0.15) is 0 Å². The summed E-state index contributed by atoms with van der Waals surface area (Å²) in [4.78, 5) is 32.0. The van der Waals surface area contributed by atoms with E-state index in [1.165, 1.54) is 11.3 Å². The molecule has 1 aliphatic heterocycles. The maximum Gasteiger partial charge on any atom is 0.271 e. The Kier molecular flexibility index (Phi) is 5.83. The topological polar surface area (TPSA) is 79.1 Å². The molecule has 34 heavy (non-hydrogen) atoms. The first-order chi connectivity index (χ1) is 16.5. The zero-order valence-electron chi connectivity index (χ0n) is 19.2. The van der Waals surface area contributed by atoms with E-state index in [1.807, 2.05) is 30.3 Å². The molecule has 0 amide bonds. The van der Waals surface area contributed by atoms with E-state index in [2.05, 4.69) is 0 Å². The van der Waals surface area contributed by atoms with E-state index < -0.39 is 6.04 Å². The standard InChI is InChI=1S/C26H24N2O5S/c1-31-19-12-15(13-20(32-2)24(19)33-3)14-21-25(30)28-23(16-8-5-4-6-9-16)22-17(27-26(28)34-21)10-7-11-18(22)29/h4-6,8-9,12-14,23H,7,10-11H2,1-3H3. The number of benzene rings is 2. The number of thiazole rings is 1. The Hall–Kier alpha value is -3.65. The molecule has 1 aliphatic carbocycles. The molecule has 0 N–H and O–H groups in total. The summed E-state index contributed by atoms with van der Waals surface area (Å²) in [6.45, 7) is 0. The van der Waals surface area contributed by atoms with Crippen molar-refractivity contribution in [3.05, 3.63) is 84.5 Å². The van der Waals surface area contributed by atoms with Crippen molar-refractivity contribution in [3.8, 4) is 17.2 Å². The van der Waals surface area contributed by atoms with Crippen LogP contribution in [-0.4, -0.2) is 31.7 Å². The molecule has 5 rings (SSSR count). The number of ether oxygens (including phenoxy) is 3. The number of rotatable bonds is 5. The zero-order chi connectivity index (χ0) is 23.8. The van der Waals surface area contributed by atoms with Crippen LogP contribution in [0.15, 0.2) is 63.5 Å². The average molecular weight is 477 g/mol. The number of hydrogen-bond donors (Lipinski definition) is 0. The summed E-state index contributed by atoms with van der Waals surface area (Å²) in [5.41, 5.74) is 2.89. The molecule has 7 nitrogen and oxygen atoms in total. The quantitative estimate of drug-likeness (QED) is 0.566. The minimum Gasteiger partial charge on any atom is -0.493 e. The molecule has 0 radical (unpaired) electrons. The normalized spacial score (nSPS) is 17.7. The van der Waals surface area contributed by atoms with Gasteiger partial charge in [-0.05, 0) is 42.2 Å². The van der Waals surface area contributed by atoms with Crippen molar-refractivity contribution < 1.29 is 19.0 Å². The highest BCUT2D eigenvalue weighted by Crippen LogP contribution is 2.38. The molecule has 0 saturated carbocycles. The van der Waals surface area contributed by atoms with E-state index >= 15 is 0 Å². The highest BCUT2D eigenvalue weighted by atomic mass is 32.1. The highest BCUT2D eigenvalue weighted by molar-refractivity contribution is 7.07. The summed E-state index contributed by atoms with van der Waals surface area (Å²) in [5.74, 6) is 1.56. The molecule has 0 spiro atoms. The molecule has 1 unspecified atom stereocenters.